The molecule has 0 aliphatic rings. The van der Waals surface area contributed by atoms with Crippen LogP contribution in [-0.2, 0) is 6.54 Å². The molecule has 0 atom stereocenters. The Bertz CT molecular complexity index is 346. The van der Waals surface area contributed by atoms with Crippen LogP contribution in [0.1, 0.15) is 19.4 Å². The molecule has 0 aliphatic heterocycles. The molecule has 1 aromatic rings. The van der Waals surface area contributed by atoms with Gasteiger partial charge in [0.15, 0.2) is 11.5 Å². The highest BCUT2D eigenvalue weighted by molar-refractivity contribution is 6.32. The molecule has 1 aromatic carbocycles. The normalized spacial score (nSPS) is 9.65. The van der Waals surface area contributed by atoms with Crippen molar-refractivity contribution in [2.75, 3.05) is 20.3 Å². The first kappa shape index (κ1) is 16.4. The van der Waals surface area contributed by atoms with Crippen LogP contribution >= 0.6 is 24.0 Å². The van der Waals surface area contributed by atoms with Crippen LogP contribution in [0.5, 0.6) is 11.5 Å². The van der Waals surface area contributed by atoms with E-state index in [1.54, 1.807) is 7.11 Å². The summed E-state index contributed by atoms with van der Waals surface area (Å²) in [5.74, 6) is 1.30. The Labute approximate surface area is 114 Å². The molecule has 0 aromatic heterocycles. The molecule has 17 heavy (non-hydrogen) atoms. The smallest absolute Gasteiger partial charge is 0.179 e. The number of rotatable bonds is 6. The minimum Gasteiger partial charge on any atom is -0.491 e. The maximum atomic E-state index is 6.12. The summed E-state index contributed by atoms with van der Waals surface area (Å²) in [6, 6.07) is 3.85. The Hall–Kier alpha value is -0.640. The van der Waals surface area contributed by atoms with Gasteiger partial charge in [0.2, 0.25) is 0 Å². The molecule has 0 spiro atoms. The number of methoxy groups -OCH3 is 1. The predicted molar refractivity (Wildman–Crippen MR) is 73.8 cm³/mol. The second-order valence-electron chi connectivity index (χ2n) is 3.32. The highest BCUT2D eigenvalue weighted by Crippen LogP contribution is 2.36. The van der Waals surface area contributed by atoms with E-state index in [0.29, 0.717) is 23.1 Å². The molecule has 0 fully saturated rings. The average molecular weight is 280 g/mol. The van der Waals surface area contributed by atoms with Gasteiger partial charge >= 0.3 is 0 Å². The van der Waals surface area contributed by atoms with Crippen molar-refractivity contribution in [3.63, 3.8) is 0 Å². The summed E-state index contributed by atoms with van der Waals surface area (Å²) in [5.41, 5.74) is 1.09. The zero-order valence-electron chi connectivity index (χ0n) is 10.4. The lowest BCUT2D eigenvalue weighted by molar-refractivity contribution is 0.310. The first-order valence-corrected chi connectivity index (χ1v) is 5.80. The van der Waals surface area contributed by atoms with Crippen LogP contribution < -0.4 is 14.8 Å². The van der Waals surface area contributed by atoms with E-state index in [2.05, 4.69) is 12.2 Å². The van der Waals surface area contributed by atoms with Crippen LogP contribution in [0.15, 0.2) is 12.1 Å². The van der Waals surface area contributed by atoms with Crippen LogP contribution in [0, 0.1) is 0 Å². The third kappa shape index (κ3) is 4.62. The number of hydrogen-bond donors (Lipinski definition) is 1. The van der Waals surface area contributed by atoms with Crippen LogP contribution in [0.25, 0.3) is 0 Å². The van der Waals surface area contributed by atoms with E-state index in [1.165, 1.54) is 0 Å². The molecule has 0 bridgehead atoms. The lowest BCUT2D eigenvalue weighted by Gasteiger charge is -2.13. The fourth-order valence-corrected chi connectivity index (χ4v) is 1.76. The highest BCUT2D eigenvalue weighted by Gasteiger charge is 2.10. The lowest BCUT2D eigenvalue weighted by Crippen LogP contribution is -2.12. The van der Waals surface area contributed by atoms with Crippen molar-refractivity contribution in [2.24, 2.45) is 0 Å². The highest BCUT2D eigenvalue weighted by atomic mass is 35.5. The standard InChI is InChI=1S/C12H18ClNO2.ClH/c1-4-14-8-9-6-10(13)12(15-3)11(7-9)16-5-2;/h6-7,14H,4-5,8H2,1-3H3;1H. The van der Waals surface area contributed by atoms with Crippen LogP contribution in [0.4, 0.5) is 0 Å². The van der Waals surface area contributed by atoms with E-state index < -0.39 is 0 Å². The topological polar surface area (TPSA) is 30.5 Å². The minimum atomic E-state index is 0. The molecule has 0 saturated carbocycles. The van der Waals surface area contributed by atoms with Crippen molar-refractivity contribution in [3.05, 3.63) is 22.7 Å². The summed E-state index contributed by atoms with van der Waals surface area (Å²) in [6.45, 7) is 6.30. The molecule has 1 rings (SSSR count). The van der Waals surface area contributed by atoms with Gasteiger partial charge in [-0.25, -0.2) is 0 Å². The molecular formula is C12H19Cl2NO2. The molecule has 0 amide bonds. The second kappa shape index (κ2) is 8.45. The van der Waals surface area contributed by atoms with Gasteiger partial charge in [-0.1, -0.05) is 18.5 Å². The first-order chi connectivity index (χ1) is 7.72. The predicted octanol–water partition coefficient (Wildman–Crippen LogP) is 3.28. The second-order valence-corrected chi connectivity index (χ2v) is 3.73. The molecule has 0 saturated heterocycles. The fourth-order valence-electron chi connectivity index (χ4n) is 1.45. The number of nitrogens with one attached hydrogen (secondary N) is 1. The monoisotopic (exact) mass is 279 g/mol. The average Bonchev–Trinajstić information content (AvgIpc) is 2.26. The van der Waals surface area contributed by atoms with Gasteiger partial charge in [-0.15, -0.1) is 12.4 Å². The van der Waals surface area contributed by atoms with Crippen molar-refractivity contribution < 1.29 is 9.47 Å². The number of benzene rings is 1. The van der Waals surface area contributed by atoms with Crippen molar-refractivity contribution in [2.45, 2.75) is 20.4 Å². The van der Waals surface area contributed by atoms with Crippen molar-refractivity contribution in [1.82, 2.24) is 5.32 Å². The molecule has 0 unspecified atom stereocenters. The van der Waals surface area contributed by atoms with Crippen molar-refractivity contribution >= 4 is 24.0 Å². The molecular weight excluding hydrogens is 261 g/mol. The van der Waals surface area contributed by atoms with Crippen LogP contribution in [0.3, 0.4) is 0 Å². The largest absolute Gasteiger partial charge is 0.491 e. The van der Waals surface area contributed by atoms with E-state index in [1.807, 2.05) is 19.1 Å². The third-order valence-electron chi connectivity index (χ3n) is 2.15. The summed E-state index contributed by atoms with van der Waals surface area (Å²) >= 11 is 6.12. The van der Waals surface area contributed by atoms with Gasteiger partial charge in [-0.3, -0.25) is 0 Å². The molecule has 0 radical (unpaired) electrons. The summed E-state index contributed by atoms with van der Waals surface area (Å²) < 4.78 is 10.7. The Morgan fingerprint density at radius 3 is 2.53 bits per heavy atom. The molecule has 3 nitrogen and oxygen atoms in total. The SMILES string of the molecule is CCNCc1cc(Cl)c(OC)c(OCC)c1.Cl. The quantitative estimate of drug-likeness (QED) is 0.867. The summed E-state index contributed by atoms with van der Waals surface area (Å²) in [6.07, 6.45) is 0. The van der Waals surface area contributed by atoms with Gasteiger partial charge in [0.25, 0.3) is 0 Å². The van der Waals surface area contributed by atoms with Crippen molar-refractivity contribution in [1.29, 1.82) is 0 Å². The van der Waals surface area contributed by atoms with Gasteiger partial charge in [-0.2, -0.15) is 0 Å². The van der Waals surface area contributed by atoms with Gasteiger partial charge in [-0.05, 0) is 31.2 Å². The Morgan fingerprint density at radius 1 is 1.29 bits per heavy atom. The Kier molecular flexibility index (Phi) is 8.13. The van der Waals surface area contributed by atoms with E-state index in [-0.39, 0.29) is 12.4 Å². The van der Waals surface area contributed by atoms with E-state index in [0.717, 1.165) is 18.7 Å². The molecule has 5 heteroatoms. The fraction of sp³-hybridized carbons (Fsp3) is 0.500. The minimum absolute atomic E-state index is 0. The van der Waals surface area contributed by atoms with E-state index >= 15 is 0 Å². The molecule has 1 N–H and O–H groups in total. The van der Waals surface area contributed by atoms with Gasteiger partial charge in [0.1, 0.15) is 0 Å². The zero-order chi connectivity index (χ0) is 12.0. The van der Waals surface area contributed by atoms with Crippen LogP contribution in [0.2, 0.25) is 5.02 Å². The van der Waals surface area contributed by atoms with Gasteiger partial charge in [0.05, 0.1) is 18.7 Å². The maximum absolute atomic E-state index is 6.12. The molecule has 0 aliphatic carbocycles. The molecule has 0 heterocycles. The zero-order valence-corrected chi connectivity index (χ0v) is 12.0. The first-order valence-electron chi connectivity index (χ1n) is 5.42. The van der Waals surface area contributed by atoms with E-state index in [9.17, 15) is 0 Å². The maximum Gasteiger partial charge on any atom is 0.179 e. The third-order valence-corrected chi connectivity index (χ3v) is 2.43. The molecule has 98 valence electrons. The van der Waals surface area contributed by atoms with Gasteiger partial charge in [0, 0.05) is 6.54 Å². The number of ether oxygens (including phenoxy) is 2. The van der Waals surface area contributed by atoms with Crippen LogP contribution in [-0.4, -0.2) is 20.3 Å². The van der Waals surface area contributed by atoms with E-state index in [4.69, 9.17) is 21.1 Å². The number of halogens is 2. The van der Waals surface area contributed by atoms with Gasteiger partial charge < -0.3 is 14.8 Å². The summed E-state index contributed by atoms with van der Waals surface area (Å²) in [7, 11) is 1.59. The van der Waals surface area contributed by atoms with Crippen molar-refractivity contribution in [3.8, 4) is 11.5 Å². The Balaban J connectivity index is 0.00000256. The Morgan fingerprint density at radius 2 is 2.00 bits per heavy atom. The summed E-state index contributed by atoms with van der Waals surface area (Å²) in [5, 5.41) is 3.83. The number of hydrogen-bond acceptors (Lipinski definition) is 3. The summed E-state index contributed by atoms with van der Waals surface area (Å²) in [4.78, 5) is 0. The lowest BCUT2D eigenvalue weighted by atomic mass is 10.2.